The topological polar surface area (TPSA) is 124 Å². The van der Waals surface area contributed by atoms with Gasteiger partial charge in [0.25, 0.3) is 5.91 Å². The molecular weight excluding hydrogens is 550 g/mol. The Balaban J connectivity index is 1.31. The molecule has 1 amide bonds. The number of piperidine rings is 1. The predicted molar refractivity (Wildman–Crippen MR) is 180 cm³/mol. The second-order valence-corrected chi connectivity index (χ2v) is 12.9. The number of aryl methyl sites for hydroxylation is 1. The van der Waals surface area contributed by atoms with Gasteiger partial charge in [0, 0.05) is 60.1 Å². The number of nitrogens with one attached hydrogen (secondary N) is 2. The van der Waals surface area contributed by atoms with E-state index in [-0.39, 0.29) is 11.3 Å². The van der Waals surface area contributed by atoms with Gasteiger partial charge in [-0.05, 0) is 81.4 Å². The van der Waals surface area contributed by atoms with E-state index < -0.39 is 0 Å². The Hall–Kier alpha value is -4.31. The van der Waals surface area contributed by atoms with Gasteiger partial charge in [0.15, 0.2) is 0 Å². The number of anilines is 2. The fraction of sp³-hybridized carbons (Fsp3) is 0.441. The Bertz CT molecular complexity index is 1500. The van der Waals surface area contributed by atoms with Crippen LogP contribution in [0.2, 0.25) is 0 Å². The number of aromatic nitrogens is 1. The number of carbonyl (C=O) groups is 1. The quantitative estimate of drug-likeness (QED) is 0.399. The van der Waals surface area contributed by atoms with Crippen LogP contribution in [0.1, 0.15) is 68.1 Å². The van der Waals surface area contributed by atoms with E-state index in [2.05, 4.69) is 62.8 Å². The van der Waals surface area contributed by atoms with Crippen LogP contribution in [-0.4, -0.2) is 71.3 Å². The Kier molecular flexibility index (Phi) is 9.58. The molecule has 0 spiro atoms. The van der Waals surface area contributed by atoms with Gasteiger partial charge in [0.2, 0.25) is 5.96 Å². The fourth-order valence-corrected chi connectivity index (χ4v) is 5.78. The van der Waals surface area contributed by atoms with Crippen LogP contribution in [0.5, 0.6) is 0 Å². The molecule has 4 N–H and O–H groups in total. The average molecular weight is 596 g/mol. The summed E-state index contributed by atoms with van der Waals surface area (Å²) in [6.07, 6.45) is 9.76. The van der Waals surface area contributed by atoms with E-state index in [4.69, 9.17) is 10.7 Å². The molecule has 44 heavy (non-hydrogen) atoms. The molecule has 0 atom stereocenters. The van der Waals surface area contributed by atoms with Crippen molar-refractivity contribution in [3.63, 3.8) is 0 Å². The van der Waals surface area contributed by atoms with Crippen LogP contribution in [0.4, 0.5) is 11.4 Å². The van der Waals surface area contributed by atoms with Gasteiger partial charge < -0.3 is 26.2 Å². The summed E-state index contributed by atoms with van der Waals surface area (Å²) in [4.78, 5) is 36.4. The number of guanidine groups is 1. The molecule has 1 aromatic heterocycles. The lowest BCUT2D eigenvalue weighted by Crippen LogP contribution is -2.41. The summed E-state index contributed by atoms with van der Waals surface area (Å²) in [5.74, 6) is 1.45. The number of carbonyl (C=O) groups excluding carboxylic acids is 1. The first-order chi connectivity index (χ1) is 21.1. The monoisotopic (exact) mass is 595 g/mol. The van der Waals surface area contributed by atoms with Gasteiger partial charge in [-0.1, -0.05) is 33.4 Å². The zero-order chi connectivity index (χ0) is 31.3. The van der Waals surface area contributed by atoms with Gasteiger partial charge in [-0.15, -0.1) is 0 Å². The SMILES string of the molecule is C=C/N=C1/C=NC(N2CCC(CN3CCCC3)CC2)=N/C1=C(/N)Nc1cc(C(=O)Nc2ccnc(C(C)(C)C)c2)ccc1C. The van der Waals surface area contributed by atoms with Gasteiger partial charge in [-0.2, -0.15) is 0 Å². The second kappa shape index (κ2) is 13.5. The number of pyridine rings is 1. The maximum Gasteiger partial charge on any atom is 0.255 e. The Labute approximate surface area is 261 Å². The predicted octanol–water partition coefficient (Wildman–Crippen LogP) is 5.31. The van der Waals surface area contributed by atoms with Crippen LogP contribution >= 0.6 is 0 Å². The molecule has 4 heterocycles. The van der Waals surface area contributed by atoms with E-state index >= 15 is 0 Å². The Morgan fingerprint density at radius 1 is 1.11 bits per heavy atom. The van der Waals surface area contributed by atoms with Gasteiger partial charge >= 0.3 is 0 Å². The molecule has 0 radical (unpaired) electrons. The summed E-state index contributed by atoms with van der Waals surface area (Å²) in [5, 5.41) is 6.28. The van der Waals surface area contributed by atoms with Crippen molar-refractivity contribution >= 4 is 35.2 Å². The number of allylic oxidation sites excluding steroid dienone is 1. The second-order valence-electron chi connectivity index (χ2n) is 12.9. The van der Waals surface area contributed by atoms with Crippen LogP contribution in [-0.2, 0) is 5.41 Å². The van der Waals surface area contributed by atoms with Crippen molar-refractivity contribution in [2.45, 2.75) is 58.8 Å². The van der Waals surface area contributed by atoms with Gasteiger partial charge in [-0.3, -0.25) is 14.8 Å². The molecule has 5 rings (SSSR count). The van der Waals surface area contributed by atoms with Crippen molar-refractivity contribution < 1.29 is 4.79 Å². The maximum atomic E-state index is 13.2. The third kappa shape index (κ3) is 7.60. The number of nitrogens with zero attached hydrogens (tertiary/aromatic N) is 6. The fourth-order valence-electron chi connectivity index (χ4n) is 5.78. The van der Waals surface area contributed by atoms with E-state index in [1.807, 2.05) is 19.1 Å². The highest BCUT2D eigenvalue weighted by molar-refractivity contribution is 6.41. The van der Waals surface area contributed by atoms with Crippen LogP contribution in [0.15, 0.2) is 75.8 Å². The van der Waals surface area contributed by atoms with Crippen molar-refractivity contribution in [2.75, 3.05) is 43.4 Å². The van der Waals surface area contributed by atoms with Gasteiger partial charge in [0.05, 0.1) is 6.21 Å². The zero-order valence-electron chi connectivity index (χ0n) is 26.4. The molecule has 1 aromatic carbocycles. The molecule has 0 unspecified atom stereocenters. The summed E-state index contributed by atoms with van der Waals surface area (Å²) in [7, 11) is 0. The molecule has 2 aromatic rings. The number of rotatable bonds is 7. The molecule has 2 saturated heterocycles. The van der Waals surface area contributed by atoms with Crippen molar-refractivity contribution in [1.29, 1.82) is 0 Å². The van der Waals surface area contributed by atoms with Crippen molar-refractivity contribution in [3.8, 4) is 0 Å². The molecule has 3 aliphatic rings. The van der Waals surface area contributed by atoms with Crippen LogP contribution in [0.3, 0.4) is 0 Å². The molecule has 3 aliphatic heterocycles. The molecule has 10 nitrogen and oxygen atoms in total. The largest absolute Gasteiger partial charge is 0.383 e. The first-order valence-electron chi connectivity index (χ1n) is 15.5. The summed E-state index contributed by atoms with van der Waals surface area (Å²) in [6.45, 7) is 17.5. The maximum absolute atomic E-state index is 13.2. The third-order valence-corrected chi connectivity index (χ3v) is 8.41. The van der Waals surface area contributed by atoms with Crippen molar-refractivity contribution in [1.82, 2.24) is 14.8 Å². The molecule has 0 saturated carbocycles. The van der Waals surface area contributed by atoms with Crippen LogP contribution in [0, 0.1) is 12.8 Å². The number of amides is 1. The van der Waals surface area contributed by atoms with E-state index in [9.17, 15) is 4.79 Å². The summed E-state index contributed by atoms with van der Waals surface area (Å²) in [6, 6.07) is 9.18. The van der Waals surface area contributed by atoms with Crippen LogP contribution < -0.4 is 16.4 Å². The highest BCUT2D eigenvalue weighted by Gasteiger charge is 2.26. The standard InChI is InChI=1S/C34H45N9O/c1-6-36-28-21-38-33(43-17-12-24(13-18-43)22-42-15-7-8-16-42)41-30(28)31(35)40-27-19-25(10-9-23(27)2)32(44)39-26-11-14-37-29(20-26)34(3,4)5/h6,9-11,14,19-21,24,40H,1,7-8,12-13,15-18,22,35H2,2-5H3,(H,37,39,44)/b31-30-,36-28-. The van der Waals surface area contributed by atoms with Crippen LogP contribution in [0.25, 0.3) is 0 Å². The average Bonchev–Trinajstić information content (AvgIpc) is 3.52. The molecule has 232 valence electrons. The first-order valence-corrected chi connectivity index (χ1v) is 15.5. The highest BCUT2D eigenvalue weighted by Crippen LogP contribution is 2.25. The number of aliphatic imine (C=N–C) groups is 3. The minimum atomic E-state index is -0.225. The Morgan fingerprint density at radius 2 is 1.86 bits per heavy atom. The normalized spacial score (nSPS) is 20.0. The first kappa shape index (κ1) is 31.1. The molecule has 10 heteroatoms. The minimum absolute atomic E-state index is 0.129. The van der Waals surface area contributed by atoms with Crippen molar-refractivity contribution in [3.05, 3.63) is 77.6 Å². The Morgan fingerprint density at radius 3 is 2.57 bits per heavy atom. The number of nitrogens with two attached hydrogens (primary N) is 1. The lowest BCUT2D eigenvalue weighted by Gasteiger charge is -2.35. The van der Waals surface area contributed by atoms with Gasteiger partial charge in [0.1, 0.15) is 17.2 Å². The zero-order valence-corrected chi connectivity index (χ0v) is 26.4. The lowest BCUT2D eigenvalue weighted by molar-refractivity contribution is 0.102. The van der Waals surface area contributed by atoms with E-state index in [0.717, 1.165) is 37.2 Å². The summed E-state index contributed by atoms with van der Waals surface area (Å²) in [5.41, 5.74) is 11.3. The lowest BCUT2D eigenvalue weighted by atomic mass is 9.91. The summed E-state index contributed by atoms with van der Waals surface area (Å²) >= 11 is 0. The number of benzene rings is 1. The van der Waals surface area contributed by atoms with Crippen molar-refractivity contribution in [2.24, 2.45) is 26.6 Å². The molecular formula is C34H45N9O. The third-order valence-electron chi connectivity index (χ3n) is 8.41. The molecule has 0 bridgehead atoms. The van der Waals surface area contributed by atoms with Gasteiger partial charge in [-0.25, -0.2) is 9.98 Å². The smallest absolute Gasteiger partial charge is 0.255 e. The highest BCUT2D eigenvalue weighted by atomic mass is 16.1. The number of likely N-dealkylation sites (tertiary alicyclic amines) is 2. The summed E-state index contributed by atoms with van der Waals surface area (Å²) < 4.78 is 0. The number of hydrogen-bond donors (Lipinski definition) is 3. The minimum Gasteiger partial charge on any atom is -0.383 e. The molecule has 0 aliphatic carbocycles. The van der Waals surface area contributed by atoms with E-state index in [1.165, 1.54) is 38.7 Å². The molecule has 2 fully saturated rings. The van der Waals surface area contributed by atoms with E-state index in [0.29, 0.717) is 46.0 Å². The number of hydrogen-bond acceptors (Lipinski definition) is 9. The van der Waals surface area contributed by atoms with E-state index in [1.54, 1.807) is 30.6 Å².